The number of halogens is 3. The van der Waals surface area contributed by atoms with Crippen molar-refractivity contribution >= 4 is 27.5 Å². The van der Waals surface area contributed by atoms with Crippen LogP contribution in [0.2, 0.25) is 0 Å². The monoisotopic (exact) mass is 458 g/mol. The lowest BCUT2D eigenvalue weighted by Crippen LogP contribution is -2.41. The van der Waals surface area contributed by atoms with Gasteiger partial charge in [0.25, 0.3) is 11.1 Å². The summed E-state index contributed by atoms with van der Waals surface area (Å²) in [7, 11) is 0. The molecule has 6 nitrogen and oxygen atoms in total. The number of carbonyl (C=O) groups is 1. The minimum atomic E-state index is -0.717. The standard InChI is InChI=1S/C22H17F3N4O2S/c23-13-3-1-12(2-4-13)17-11-18(28-27-17)21(30)29-7-5-15(6-8-29)31-22-26-20-16(25)9-14(24)10-19(20)32-22/h1-4,9-11,15H,5-8H2,(H,27,28). The van der Waals surface area contributed by atoms with Gasteiger partial charge in [-0.2, -0.15) is 10.1 Å². The molecule has 0 aliphatic carbocycles. The molecule has 1 saturated heterocycles. The second kappa shape index (κ2) is 8.27. The maximum Gasteiger partial charge on any atom is 0.274 e. The SMILES string of the molecule is O=C(c1cc(-c2ccc(F)cc2)n[nH]1)N1CCC(Oc2nc3c(F)cc(F)cc3s2)CC1. The van der Waals surface area contributed by atoms with E-state index < -0.39 is 11.6 Å². The van der Waals surface area contributed by atoms with Gasteiger partial charge in [0.1, 0.15) is 28.9 Å². The number of piperidine rings is 1. The lowest BCUT2D eigenvalue weighted by atomic mass is 10.1. The van der Waals surface area contributed by atoms with Crippen molar-refractivity contribution in [1.29, 1.82) is 0 Å². The number of aromatic nitrogens is 3. The summed E-state index contributed by atoms with van der Waals surface area (Å²) >= 11 is 1.09. The highest BCUT2D eigenvalue weighted by Gasteiger charge is 2.27. The second-order valence-electron chi connectivity index (χ2n) is 7.50. The molecule has 2 aromatic heterocycles. The Morgan fingerprint density at radius 2 is 1.81 bits per heavy atom. The van der Waals surface area contributed by atoms with Crippen molar-refractivity contribution < 1.29 is 22.7 Å². The summed E-state index contributed by atoms with van der Waals surface area (Å²) in [5, 5.41) is 7.19. The minimum Gasteiger partial charge on any atom is -0.467 e. The minimum absolute atomic E-state index is 0.0928. The van der Waals surface area contributed by atoms with Gasteiger partial charge in [0.05, 0.1) is 10.4 Å². The van der Waals surface area contributed by atoms with E-state index in [0.717, 1.165) is 17.4 Å². The molecule has 4 aromatic rings. The van der Waals surface area contributed by atoms with E-state index in [0.29, 0.717) is 47.6 Å². The van der Waals surface area contributed by atoms with E-state index in [1.165, 1.54) is 18.2 Å². The zero-order valence-electron chi connectivity index (χ0n) is 16.6. The Morgan fingerprint density at radius 1 is 1.06 bits per heavy atom. The van der Waals surface area contributed by atoms with E-state index >= 15 is 0 Å². The normalized spacial score (nSPS) is 14.8. The van der Waals surface area contributed by atoms with Crippen molar-refractivity contribution in [2.75, 3.05) is 13.1 Å². The number of benzene rings is 2. The van der Waals surface area contributed by atoms with Gasteiger partial charge in [-0.15, -0.1) is 0 Å². The van der Waals surface area contributed by atoms with Crippen molar-refractivity contribution in [1.82, 2.24) is 20.1 Å². The molecule has 5 rings (SSSR count). The fourth-order valence-electron chi connectivity index (χ4n) is 3.68. The summed E-state index contributed by atoms with van der Waals surface area (Å²) < 4.78 is 46.6. The molecule has 0 bridgehead atoms. The van der Waals surface area contributed by atoms with Crippen LogP contribution in [-0.4, -0.2) is 45.2 Å². The molecular weight excluding hydrogens is 441 g/mol. The molecule has 0 unspecified atom stereocenters. The van der Waals surface area contributed by atoms with Crippen molar-refractivity contribution in [2.24, 2.45) is 0 Å². The number of H-pyrrole nitrogens is 1. The van der Waals surface area contributed by atoms with Crippen LogP contribution in [0.1, 0.15) is 23.3 Å². The van der Waals surface area contributed by atoms with Crippen LogP contribution in [0.15, 0.2) is 42.5 Å². The third-order valence-corrected chi connectivity index (χ3v) is 6.23. The van der Waals surface area contributed by atoms with Gasteiger partial charge in [-0.25, -0.2) is 13.2 Å². The number of carbonyl (C=O) groups excluding carboxylic acids is 1. The van der Waals surface area contributed by atoms with E-state index in [1.807, 2.05) is 0 Å². The number of aromatic amines is 1. The molecule has 1 N–H and O–H groups in total. The highest BCUT2D eigenvalue weighted by atomic mass is 32.1. The summed E-state index contributed by atoms with van der Waals surface area (Å²) in [6.07, 6.45) is 0.985. The summed E-state index contributed by atoms with van der Waals surface area (Å²) in [6, 6.07) is 9.56. The molecule has 3 heterocycles. The quantitative estimate of drug-likeness (QED) is 0.478. The summed E-state index contributed by atoms with van der Waals surface area (Å²) in [4.78, 5) is 18.6. The number of hydrogen-bond donors (Lipinski definition) is 1. The first-order valence-corrected chi connectivity index (χ1v) is 10.8. The third-order valence-electron chi connectivity index (χ3n) is 5.34. The van der Waals surface area contributed by atoms with Crippen molar-refractivity contribution in [3.63, 3.8) is 0 Å². The number of rotatable bonds is 4. The third kappa shape index (κ3) is 4.05. The van der Waals surface area contributed by atoms with Gasteiger partial charge in [-0.3, -0.25) is 9.89 Å². The van der Waals surface area contributed by atoms with Gasteiger partial charge in [-0.1, -0.05) is 11.3 Å². The topological polar surface area (TPSA) is 71.1 Å². The van der Waals surface area contributed by atoms with Crippen molar-refractivity contribution in [3.05, 3.63) is 65.6 Å². The predicted octanol–water partition coefficient (Wildman–Crippen LogP) is 4.79. The second-order valence-corrected chi connectivity index (χ2v) is 8.49. The number of likely N-dealkylation sites (tertiary alicyclic amines) is 1. The number of thiazole rings is 1. The fraction of sp³-hybridized carbons (Fsp3) is 0.227. The van der Waals surface area contributed by atoms with Crippen LogP contribution >= 0.6 is 11.3 Å². The summed E-state index contributed by atoms with van der Waals surface area (Å²) in [5.74, 6) is -1.89. The fourth-order valence-corrected chi connectivity index (χ4v) is 4.60. The number of nitrogens with zero attached hydrogens (tertiary/aromatic N) is 3. The van der Waals surface area contributed by atoms with E-state index in [1.54, 1.807) is 23.1 Å². The molecule has 10 heteroatoms. The zero-order chi connectivity index (χ0) is 22.2. The molecular formula is C22H17F3N4O2S. The van der Waals surface area contributed by atoms with Crippen molar-refractivity contribution in [3.8, 4) is 16.5 Å². The number of amides is 1. The number of hydrogen-bond acceptors (Lipinski definition) is 5. The Balaban J connectivity index is 1.21. The first-order valence-electron chi connectivity index (χ1n) is 9.99. The number of ether oxygens (including phenoxy) is 1. The average Bonchev–Trinajstić information content (AvgIpc) is 3.42. The first-order chi connectivity index (χ1) is 15.5. The lowest BCUT2D eigenvalue weighted by Gasteiger charge is -2.31. The van der Waals surface area contributed by atoms with Crippen LogP contribution in [0.3, 0.4) is 0 Å². The first kappa shape index (κ1) is 20.5. The Labute approximate surface area is 184 Å². The van der Waals surface area contributed by atoms with Crippen LogP contribution in [-0.2, 0) is 0 Å². The molecule has 164 valence electrons. The number of nitrogens with one attached hydrogen (secondary N) is 1. The Morgan fingerprint density at radius 3 is 2.56 bits per heavy atom. The molecule has 1 amide bonds. The highest BCUT2D eigenvalue weighted by molar-refractivity contribution is 7.20. The van der Waals surface area contributed by atoms with E-state index in [4.69, 9.17) is 4.74 Å². The van der Waals surface area contributed by atoms with Gasteiger partial charge in [-0.05, 0) is 36.4 Å². The van der Waals surface area contributed by atoms with Gasteiger partial charge < -0.3 is 9.64 Å². The summed E-state index contributed by atoms with van der Waals surface area (Å²) in [6.45, 7) is 0.949. The average molecular weight is 458 g/mol. The van der Waals surface area contributed by atoms with Gasteiger partial charge in [0, 0.05) is 37.6 Å². The van der Waals surface area contributed by atoms with Crippen LogP contribution < -0.4 is 4.74 Å². The molecule has 0 saturated carbocycles. The molecule has 1 aliphatic rings. The van der Waals surface area contributed by atoms with E-state index in [-0.39, 0.29) is 28.5 Å². The molecule has 0 radical (unpaired) electrons. The molecule has 0 spiro atoms. The molecule has 1 fully saturated rings. The largest absolute Gasteiger partial charge is 0.467 e. The predicted molar refractivity (Wildman–Crippen MR) is 113 cm³/mol. The van der Waals surface area contributed by atoms with E-state index in [9.17, 15) is 18.0 Å². The van der Waals surface area contributed by atoms with Crippen LogP contribution in [0.25, 0.3) is 21.5 Å². The maximum absolute atomic E-state index is 13.8. The van der Waals surface area contributed by atoms with Crippen molar-refractivity contribution in [2.45, 2.75) is 18.9 Å². The summed E-state index contributed by atoms with van der Waals surface area (Å²) in [5.41, 5.74) is 1.72. The van der Waals surface area contributed by atoms with Crippen LogP contribution in [0.5, 0.6) is 5.19 Å². The number of fused-ring (bicyclic) bond motifs is 1. The Hall–Kier alpha value is -3.40. The highest BCUT2D eigenvalue weighted by Crippen LogP contribution is 2.32. The molecule has 0 atom stereocenters. The van der Waals surface area contributed by atoms with Crippen LogP contribution in [0, 0.1) is 17.5 Å². The van der Waals surface area contributed by atoms with Gasteiger partial charge >= 0.3 is 0 Å². The molecule has 32 heavy (non-hydrogen) atoms. The Bertz CT molecular complexity index is 1280. The lowest BCUT2D eigenvalue weighted by molar-refractivity contribution is 0.0590. The van der Waals surface area contributed by atoms with Gasteiger partial charge in [0.2, 0.25) is 0 Å². The maximum atomic E-state index is 13.8. The zero-order valence-corrected chi connectivity index (χ0v) is 17.5. The molecule has 2 aromatic carbocycles. The Kier molecular flexibility index (Phi) is 5.30. The smallest absolute Gasteiger partial charge is 0.274 e. The van der Waals surface area contributed by atoms with Gasteiger partial charge in [0.15, 0.2) is 5.82 Å². The van der Waals surface area contributed by atoms with Crippen LogP contribution in [0.4, 0.5) is 13.2 Å². The molecule has 1 aliphatic heterocycles. The van der Waals surface area contributed by atoms with E-state index in [2.05, 4.69) is 15.2 Å².